The van der Waals surface area contributed by atoms with E-state index < -0.39 is 22.8 Å². The van der Waals surface area contributed by atoms with Gasteiger partial charge in [-0.15, -0.1) is 0 Å². The van der Waals surface area contributed by atoms with Crippen molar-refractivity contribution in [1.82, 2.24) is 14.9 Å². The zero-order chi connectivity index (χ0) is 25.5. The molecule has 0 saturated heterocycles. The standard InChI is InChI=1S/C24H21ClF3N5O2/c1-4-33-20-10-14(32-23(35)31-13-6-8-18(25)17(9-13)24(26,27)28)5-7-15(20)16-11-19(22(34)29-3)30-12(2)21(16)33/h5-11H,4H2,1-3H3,(H,29,34)(H2,31,32,35). The molecule has 2 aromatic heterocycles. The van der Waals surface area contributed by atoms with Crippen LogP contribution in [0.25, 0.3) is 21.8 Å². The molecule has 11 heteroatoms. The van der Waals surface area contributed by atoms with Crippen molar-refractivity contribution >= 4 is 56.7 Å². The van der Waals surface area contributed by atoms with Crippen LogP contribution in [-0.4, -0.2) is 28.5 Å². The van der Waals surface area contributed by atoms with Crippen LogP contribution in [0.2, 0.25) is 5.02 Å². The molecule has 0 aliphatic heterocycles. The van der Waals surface area contributed by atoms with E-state index in [9.17, 15) is 22.8 Å². The number of nitrogens with one attached hydrogen (secondary N) is 3. The van der Waals surface area contributed by atoms with E-state index in [0.29, 0.717) is 23.6 Å². The summed E-state index contributed by atoms with van der Waals surface area (Å²) >= 11 is 5.63. The van der Waals surface area contributed by atoms with Crippen LogP contribution in [0.15, 0.2) is 42.5 Å². The maximum Gasteiger partial charge on any atom is 0.417 e. The molecule has 4 rings (SSSR count). The maximum absolute atomic E-state index is 13.1. The Bertz CT molecular complexity index is 1480. The summed E-state index contributed by atoms with van der Waals surface area (Å²) in [7, 11) is 1.54. The first kappa shape index (κ1) is 24.3. The van der Waals surface area contributed by atoms with E-state index >= 15 is 0 Å². The summed E-state index contributed by atoms with van der Waals surface area (Å²) in [4.78, 5) is 29.1. The van der Waals surface area contributed by atoms with Crippen molar-refractivity contribution < 1.29 is 22.8 Å². The lowest BCUT2D eigenvalue weighted by atomic mass is 10.1. The lowest BCUT2D eigenvalue weighted by Gasteiger charge is -2.12. The van der Waals surface area contributed by atoms with Gasteiger partial charge in [-0.05, 0) is 50.2 Å². The summed E-state index contributed by atoms with van der Waals surface area (Å²) in [6.07, 6.45) is -4.64. The number of hydrogen-bond donors (Lipinski definition) is 3. The molecule has 4 aromatic rings. The highest BCUT2D eigenvalue weighted by Crippen LogP contribution is 2.36. The fourth-order valence-corrected chi connectivity index (χ4v) is 4.30. The average molecular weight is 504 g/mol. The van der Waals surface area contributed by atoms with E-state index in [-0.39, 0.29) is 11.6 Å². The van der Waals surface area contributed by atoms with Crippen molar-refractivity contribution in [2.24, 2.45) is 0 Å². The van der Waals surface area contributed by atoms with Gasteiger partial charge in [-0.1, -0.05) is 17.7 Å². The van der Waals surface area contributed by atoms with Crippen molar-refractivity contribution in [3.05, 3.63) is 64.4 Å². The number of carbonyl (C=O) groups excluding carboxylic acids is 2. The number of nitrogens with zero attached hydrogens (tertiary/aromatic N) is 2. The third-order valence-electron chi connectivity index (χ3n) is 5.58. The molecule has 0 atom stereocenters. The quantitative estimate of drug-likeness (QED) is 0.310. The Labute approximate surface area is 203 Å². The Kier molecular flexibility index (Phi) is 6.33. The zero-order valence-electron chi connectivity index (χ0n) is 19.0. The first-order chi connectivity index (χ1) is 16.5. The number of fused-ring (bicyclic) bond motifs is 3. The maximum atomic E-state index is 13.1. The Balaban J connectivity index is 1.67. The van der Waals surface area contributed by atoms with Gasteiger partial charge in [-0.3, -0.25) is 4.79 Å². The summed E-state index contributed by atoms with van der Waals surface area (Å²) in [6, 6.07) is 9.42. The molecule has 0 aliphatic carbocycles. The Morgan fingerprint density at radius 1 is 1.03 bits per heavy atom. The van der Waals surface area contributed by atoms with Crippen molar-refractivity contribution in [1.29, 1.82) is 0 Å². The van der Waals surface area contributed by atoms with Crippen molar-refractivity contribution in [3.8, 4) is 0 Å². The second kappa shape index (κ2) is 9.10. The third-order valence-corrected chi connectivity index (χ3v) is 5.91. The number of halogens is 4. The molecule has 2 heterocycles. The summed E-state index contributed by atoms with van der Waals surface area (Å²) in [5.41, 5.74) is 2.03. The Morgan fingerprint density at radius 2 is 1.69 bits per heavy atom. The van der Waals surface area contributed by atoms with Crippen LogP contribution < -0.4 is 16.0 Å². The topological polar surface area (TPSA) is 88.0 Å². The van der Waals surface area contributed by atoms with Gasteiger partial charge in [0, 0.05) is 35.7 Å². The molecule has 2 aromatic carbocycles. The van der Waals surface area contributed by atoms with Gasteiger partial charge in [0.1, 0.15) is 5.69 Å². The highest BCUT2D eigenvalue weighted by molar-refractivity contribution is 6.31. The summed E-state index contributed by atoms with van der Waals surface area (Å²) in [5.74, 6) is -0.293. The minimum atomic E-state index is -4.64. The number of aromatic nitrogens is 2. The molecule has 0 unspecified atom stereocenters. The number of pyridine rings is 1. The normalized spacial score (nSPS) is 11.6. The molecule has 7 nitrogen and oxygen atoms in total. The molecule has 3 N–H and O–H groups in total. The van der Waals surface area contributed by atoms with Crippen LogP contribution in [0.5, 0.6) is 0 Å². The predicted octanol–water partition coefficient (Wildman–Crippen LogP) is 6.19. The number of aryl methyl sites for hydroxylation is 2. The number of alkyl halides is 3. The van der Waals surface area contributed by atoms with Gasteiger partial charge in [0.15, 0.2) is 0 Å². The van der Waals surface area contributed by atoms with Crippen LogP contribution in [0.4, 0.5) is 29.3 Å². The molecule has 3 amide bonds. The number of benzene rings is 2. The number of urea groups is 1. The SMILES string of the molecule is CCn1c2cc(NC(=O)Nc3ccc(Cl)c(C(F)(F)F)c3)ccc2c2cc(C(=O)NC)nc(C)c21. The van der Waals surface area contributed by atoms with Gasteiger partial charge in [0.2, 0.25) is 0 Å². The lowest BCUT2D eigenvalue weighted by molar-refractivity contribution is -0.137. The van der Waals surface area contributed by atoms with Gasteiger partial charge in [-0.2, -0.15) is 13.2 Å². The molecule has 0 spiro atoms. The second-order valence-corrected chi connectivity index (χ2v) is 8.22. The van der Waals surface area contributed by atoms with E-state index in [2.05, 4.69) is 20.9 Å². The Hall–Kier alpha value is -3.79. The molecule has 182 valence electrons. The monoisotopic (exact) mass is 503 g/mol. The van der Waals surface area contributed by atoms with Gasteiger partial charge >= 0.3 is 12.2 Å². The lowest BCUT2D eigenvalue weighted by Crippen LogP contribution is -2.20. The molecule has 0 saturated carbocycles. The molecule has 0 bridgehead atoms. The molecule has 0 radical (unpaired) electrons. The number of anilines is 2. The summed E-state index contributed by atoms with van der Waals surface area (Å²) in [5, 5.41) is 8.89. The average Bonchev–Trinajstić information content (AvgIpc) is 3.12. The second-order valence-electron chi connectivity index (χ2n) is 7.82. The van der Waals surface area contributed by atoms with Gasteiger partial charge in [0.05, 0.1) is 27.3 Å². The highest BCUT2D eigenvalue weighted by Gasteiger charge is 2.33. The molecule has 0 aliphatic rings. The largest absolute Gasteiger partial charge is 0.417 e. The van der Waals surface area contributed by atoms with Crippen LogP contribution in [0.1, 0.15) is 28.7 Å². The fourth-order valence-electron chi connectivity index (χ4n) is 4.08. The van der Waals surface area contributed by atoms with Gasteiger partial charge in [0.25, 0.3) is 5.91 Å². The van der Waals surface area contributed by atoms with E-state index in [1.165, 1.54) is 13.1 Å². The van der Waals surface area contributed by atoms with E-state index in [0.717, 1.165) is 33.9 Å². The van der Waals surface area contributed by atoms with Crippen LogP contribution in [0, 0.1) is 6.92 Å². The van der Waals surface area contributed by atoms with Crippen molar-refractivity contribution in [2.75, 3.05) is 17.7 Å². The van der Waals surface area contributed by atoms with Gasteiger partial charge in [-0.25, -0.2) is 9.78 Å². The van der Waals surface area contributed by atoms with E-state index in [4.69, 9.17) is 11.6 Å². The van der Waals surface area contributed by atoms with Crippen molar-refractivity contribution in [3.63, 3.8) is 0 Å². The van der Waals surface area contributed by atoms with E-state index in [1.807, 2.05) is 24.5 Å². The fraction of sp³-hybridized carbons (Fsp3) is 0.208. The summed E-state index contributed by atoms with van der Waals surface area (Å²) < 4.78 is 41.3. The minimum absolute atomic E-state index is 0.0496. The molecule has 35 heavy (non-hydrogen) atoms. The van der Waals surface area contributed by atoms with Crippen LogP contribution >= 0.6 is 11.6 Å². The number of rotatable bonds is 4. The van der Waals surface area contributed by atoms with Crippen LogP contribution in [-0.2, 0) is 12.7 Å². The number of carbonyl (C=O) groups is 2. The number of hydrogen-bond acceptors (Lipinski definition) is 3. The Morgan fingerprint density at radius 3 is 2.31 bits per heavy atom. The van der Waals surface area contributed by atoms with Gasteiger partial charge < -0.3 is 20.5 Å². The number of amides is 3. The summed E-state index contributed by atoms with van der Waals surface area (Å²) in [6.45, 7) is 4.41. The third kappa shape index (κ3) is 4.61. The minimum Gasteiger partial charge on any atom is -0.354 e. The van der Waals surface area contributed by atoms with E-state index in [1.54, 1.807) is 18.2 Å². The molecular weight excluding hydrogens is 483 g/mol. The molecule has 0 fully saturated rings. The predicted molar refractivity (Wildman–Crippen MR) is 130 cm³/mol. The smallest absolute Gasteiger partial charge is 0.354 e. The molecular formula is C24H21ClF3N5O2. The highest BCUT2D eigenvalue weighted by atomic mass is 35.5. The first-order valence-corrected chi connectivity index (χ1v) is 11.0. The zero-order valence-corrected chi connectivity index (χ0v) is 19.7. The first-order valence-electron chi connectivity index (χ1n) is 10.6. The van der Waals surface area contributed by atoms with Crippen LogP contribution in [0.3, 0.4) is 0 Å². The van der Waals surface area contributed by atoms with Crippen molar-refractivity contribution in [2.45, 2.75) is 26.6 Å².